The van der Waals surface area contributed by atoms with Gasteiger partial charge in [-0.05, 0) is 48.4 Å². The molecule has 1 aliphatic heterocycles. The van der Waals surface area contributed by atoms with Crippen molar-refractivity contribution < 1.29 is 22.4 Å². The molecule has 0 radical (unpaired) electrons. The van der Waals surface area contributed by atoms with Gasteiger partial charge in [0, 0.05) is 32.9 Å². The van der Waals surface area contributed by atoms with Crippen molar-refractivity contribution in [1.82, 2.24) is 15.0 Å². The second-order valence-electron chi connectivity index (χ2n) is 8.16. The molecule has 1 N–H and O–H groups in total. The lowest BCUT2D eigenvalue weighted by molar-refractivity contribution is 0.169. The molecule has 32 heavy (non-hydrogen) atoms. The molecule has 1 saturated heterocycles. The molecule has 0 amide bonds. The molecule has 2 aromatic carbocycles. The van der Waals surface area contributed by atoms with E-state index in [1.807, 2.05) is 48.2 Å². The van der Waals surface area contributed by atoms with Crippen molar-refractivity contribution in [3.8, 4) is 0 Å². The fourth-order valence-electron chi connectivity index (χ4n) is 3.80. The van der Waals surface area contributed by atoms with Crippen molar-refractivity contribution in [2.45, 2.75) is 35.8 Å². The van der Waals surface area contributed by atoms with E-state index in [1.54, 1.807) is 0 Å². The summed E-state index contributed by atoms with van der Waals surface area (Å²) in [6, 6.07) is 12.4. The monoisotopic (exact) mass is 460 g/mol. The summed E-state index contributed by atoms with van der Waals surface area (Å²) >= 11 is 0. The van der Waals surface area contributed by atoms with Crippen LogP contribution < -0.4 is 4.90 Å². The number of rotatable bonds is 7. The Balaban J connectivity index is 1.48. The summed E-state index contributed by atoms with van der Waals surface area (Å²) in [6.07, 6.45) is -0.123. The number of sulfone groups is 1. The molecule has 2 heterocycles. The molecule has 0 bridgehead atoms. The number of halogens is 1. The quantitative estimate of drug-likeness (QED) is 0.537. The smallest absolute Gasteiger partial charge is 0.244 e. The molecule has 8 nitrogen and oxygen atoms in total. The predicted molar refractivity (Wildman–Crippen MR) is 116 cm³/mol. The van der Waals surface area contributed by atoms with E-state index >= 15 is 0 Å². The largest absolute Gasteiger partial charge is 0.392 e. The average molecular weight is 461 g/mol. The lowest BCUT2D eigenvalue weighted by atomic mass is 10.1. The second kappa shape index (κ2) is 8.97. The van der Waals surface area contributed by atoms with Crippen molar-refractivity contribution in [1.29, 1.82) is 0 Å². The van der Waals surface area contributed by atoms with Crippen LogP contribution in [-0.2, 0) is 22.1 Å². The molecule has 0 unspecified atom stereocenters. The minimum absolute atomic E-state index is 0.00987. The highest BCUT2D eigenvalue weighted by atomic mass is 32.2. The molecule has 1 aliphatic rings. The summed E-state index contributed by atoms with van der Waals surface area (Å²) in [6.45, 7) is 1.03. The molecule has 4 rings (SSSR count). The molecule has 2 atom stereocenters. The van der Waals surface area contributed by atoms with Gasteiger partial charge in [0.2, 0.25) is 5.89 Å². The van der Waals surface area contributed by atoms with Crippen molar-refractivity contribution in [3.05, 3.63) is 71.6 Å². The minimum atomic E-state index is -3.74. The lowest BCUT2D eigenvalue weighted by Crippen LogP contribution is -2.24. The summed E-state index contributed by atoms with van der Waals surface area (Å²) < 4.78 is 43.6. The number of aromatic nitrogens is 2. The third-order valence-electron chi connectivity index (χ3n) is 5.48. The minimum Gasteiger partial charge on any atom is -0.392 e. The van der Waals surface area contributed by atoms with Gasteiger partial charge in [0.05, 0.1) is 17.0 Å². The molecule has 0 aliphatic carbocycles. The van der Waals surface area contributed by atoms with Gasteiger partial charge in [-0.1, -0.05) is 17.3 Å². The second-order valence-corrected chi connectivity index (χ2v) is 10.1. The first-order valence-corrected chi connectivity index (χ1v) is 11.9. The van der Waals surface area contributed by atoms with Crippen LogP contribution in [0.15, 0.2) is 57.9 Å². The highest BCUT2D eigenvalue weighted by molar-refractivity contribution is 7.90. The summed E-state index contributed by atoms with van der Waals surface area (Å²) in [5.41, 5.74) is 2.17. The van der Waals surface area contributed by atoms with Crippen LogP contribution in [0, 0.1) is 5.82 Å². The Morgan fingerprint density at radius 1 is 1.16 bits per heavy atom. The molecule has 10 heteroatoms. The Hall–Kier alpha value is -2.82. The highest BCUT2D eigenvalue weighted by Crippen LogP contribution is 2.33. The fourth-order valence-corrected chi connectivity index (χ4v) is 4.98. The molecule has 170 valence electrons. The van der Waals surface area contributed by atoms with Gasteiger partial charge in [-0.15, -0.1) is 0 Å². The average Bonchev–Trinajstić information content (AvgIpc) is 3.34. The van der Waals surface area contributed by atoms with Gasteiger partial charge in [0.1, 0.15) is 11.6 Å². The molecule has 3 aromatic rings. The van der Waals surface area contributed by atoms with Crippen LogP contribution in [0.5, 0.6) is 0 Å². The van der Waals surface area contributed by atoms with Crippen molar-refractivity contribution in [3.63, 3.8) is 0 Å². The predicted octanol–water partition coefficient (Wildman–Crippen LogP) is 2.56. The van der Waals surface area contributed by atoms with E-state index in [0.29, 0.717) is 19.5 Å². The van der Waals surface area contributed by atoms with Gasteiger partial charge in [-0.3, -0.25) is 4.90 Å². The van der Waals surface area contributed by atoms with Crippen LogP contribution in [-0.4, -0.2) is 55.3 Å². The van der Waals surface area contributed by atoms with Crippen LogP contribution in [0.2, 0.25) is 0 Å². The van der Waals surface area contributed by atoms with Crippen molar-refractivity contribution >= 4 is 15.5 Å². The molecular formula is C22H25FN4O4S. The van der Waals surface area contributed by atoms with Gasteiger partial charge in [0.25, 0.3) is 0 Å². The van der Waals surface area contributed by atoms with Crippen LogP contribution >= 0.6 is 0 Å². The van der Waals surface area contributed by atoms with E-state index in [0.717, 1.165) is 23.4 Å². The molecule has 0 saturated carbocycles. The first kappa shape index (κ1) is 22.4. The summed E-state index contributed by atoms with van der Waals surface area (Å²) in [4.78, 5) is 8.35. The van der Waals surface area contributed by atoms with Crippen LogP contribution in [0.1, 0.15) is 29.7 Å². The van der Waals surface area contributed by atoms with Gasteiger partial charge in [-0.2, -0.15) is 4.98 Å². The number of nitrogens with zero attached hydrogens (tertiary/aromatic N) is 4. The first-order valence-electron chi connectivity index (χ1n) is 10.2. The molecule has 1 aromatic heterocycles. The topological polar surface area (TPSA) is 99.8 Å². The van der Waals surface area contributed by atoms with Gasteiger partial charge >= 0.3 is 0 Å². The number of benzene rings is 2. The SMILES string of the molecule is CN(C)c1ccc(CN2C[C@H](O)C[C@H]2c2nc(CS(=O)(=O)c3ccc(F)cc3)no2)cc1. The zero-order valence-corrected chi connectivity index (χ0v) is 18.7. The number of hydrogen-bond acceptors (Lipinski definition) is 8. The third-order valence-corrected chi connectivity index (χ3v) is 7.11. The molecule has 0 spiro atoms. The van der Waals surface area contributed by atoms with E-state index in [9.17, 15) is 17.9 Å². The van der Waals surface area contributed by atoms with Gasteiger partial charge < -0.3 is 14.5 Å². The number of aliphatic hydroxyl groups is 1. The van der Waals surface area contributed by atoms with Crippen LogP contribution in [0.3, 0.4) is 0 Å². The Morgan fingerprint density at radius 2 is 1.84 bits per heavy atom. The molecule has 1 fully saturated rings. The summed E-state index contributed by atoms with van der Waals surface area (Å²) in [5.74, 6) is -0.664. The lowest BCUT2D eigenvalue weighted by Gasteiger charge is -2.21. The van der Waals surface area contributed by atoms with Crippen LogP contribution in [0.4, 0.5) is 10.1 Å². The fraction of sp³-hybridized carbons (Fsp3) is 0.364. The summed E-state index contributed by atoms with van der Waals surface area (Å²) in [5, 5.41) is 14.1. The third kappa shape index (κ3) is 4.98. The Kier molecular flexibility index (Phi) is 6.27. The zero-order chi connectivity index (χ0) is 22.9. The Bertz CT molecular complexity index is 1160. The number of β-amino-alcohol motifs (C(OH)–C–C–N with tert-alkyl or cyclic N) is 1. The zero-order valence-electron chi connectivity index (χ0n) is 17.8. The maximum Gasteiger partial charge on any atom is 0.244 e. The highest BCUT2D eigenvalue weighted by Gasteiger charge is 2.36. The van der Waals surface area contributed by atoms with Crippen LogP contribution in [0.25, 0.3) is 0 Å². The number of anilines is 1. The van der Waals surface area contributed by atoms with E-state index in [-0.39, 0.29) is 22.7 Å². The Morgan fingerprint density at radius 3 is 2.50 bits per heavy atom. The number of likely N-dealkylation sites (tertiary alicyclic amines) is 1. The molecular weight excluding hydrogens is 435 g/mol. The van der Waals surface area contributed by atoms with E-state index in [2.05, 4.69) is 10.1 Å². The van der Waals surface area contributed by atoms with E-state index in [1.165, 1.54) is 12.1 Å². The standard InChI is InChI=1S/C22H25FN4O4S/c1-26(2)17-7-3-15(4-8-17)12-27-13-18(28)11-20(27)22-24-21(25-31-22)14-32(29,30)19-9-5-16(23)6-10-19/h3-10,18,20,28H,11-14H2,1-2H3/t18-,20+/m1/s1. The van der Waals surface area contributed by atoms with Gasteiger partial charge in [-0.25, -0.2) is 12.8 Å². The van der Waals surface area contributed by atoms with E-state index in [4.69, 9.17) is 4.52 Å². The number of aliphatic hydroxyl groups excluding tert-OH is 1. The van der Waals surface area contributed by atoms with Crippen molar-refractivity contribution in [2.75, 3.05) is 25.5 Å². The van der Waals surface area contributed by atoms with Crippen molar-refractivity contribution in [2.24, 2.45) is 0 Å². The normalized spacial score (nSPS) is 19.4. The maximum absolute atomic E-state index is 13.1. The maximum atomic E-state index is 13.1. The Labute approximate surface area is 186 Å². The summed E-state index contributed by atoms with van der Waals surface area (Å²) in [7, 11) is 0.212. The van der Waals surface area contributed by atoms with Gasteiger partial charge in [0.15, 0.2) is 15.7 Å². The first-order chi connectivity index (χ1) is 15.2. The van der Waals surface area contributed by atoms with E-state index < -0.39 is 27.5 Å². The number of hydrogen-bond donors (Lipinski definition) is 1.